The molecule has 1 atom stereocenters. The van der Waals surface area contributed by atoms with Crippen LogP contribution in [0.15, 0.2) is 23.8 Å². The Labute approximate surface area is 109 Å². The molecule has 1 unspecified atom stereocenters. The lowest BCUT2D eigenvalue weighted by Gasteiger charge is -2.33. The molecule has 0 bridgehead atoms. The molecule has 1 heterocycles. The molecule has 3 heteroatoms. The van der Waals surface area contributed by atoms with Crippen molar-refractivity contribution in [2.45, 2.75) is 27.2 Å². The van der Waals surface area contributed by atoms with E-state index in [4.69, 9.17) is 4.74 Å². The summed E-state index contributed by atoms with van der Waals surface area (Å²) in [5.41, 5.74) is 1.15. The fraction of sp³-hybridized carbons (Fsp3) is 0.667. The van der Waals surface area contributed by atoms with Crippen LogP contribution >= 0.6 is 0 Å². The Morgan fingerprint density at radius 3 is 2.61 bits per heavy atom. The first kappa shape index (κ1) is 13.3. The first-order valence-electron chi connectivity index (χ1n) is 6.73. The van der Waals surface area contributed by atoms with Crippen molar-refractivity contribution in [3.8, 4) is 0 Å². The number of allylic oxidation sites excluding steroid dienone is 3. The summed E-state index contributed by atoms with van der Waals surface area (Å²) < 4.78 is 5.29. The molecule has 0 radical (unpaired) electrons. The number of rotatable bonds is 1. The molecule has 0 spiro atoms. The number of morpholine rings is 1. The van der Waals surface area contributed by atoms with E-state index in [1.54, 1.807) is 0 Å². The van der Waals surface area contributed by atoms with Crippen molar-refractivity contribution in [3.05, 3.63) is 23.8 Å². The average Bonchev–Trinajstić information content (AvgIpc) is 2.38. The topological polar surface area (TPSA) is 29.5 Å². The van der Waals surface area contributed by atoms with Crippen LogP contribution in [0.5, 0.6) is 0 Å². The lowest BCUT2D eigenvalue weighted by Crippen LogP contribution is -2.42. The molecule has 3 nitrogen and oxygen atoms in total. The van der Waals surface area contributed by atoms with E-state index in [1.807, 2.05) is 17.1 Å². The highest BCUT2D eigenvalue weighted by molar-refractivity contribution is 5.94. The molecular weight excluding hydrogens is 226 g/mol. The number of nitrogens with zero attached hydrogens (tertiary/aromatic N) is 1. The summed E-state index contributed by atoms with van der Waals surface area (Å²) in [4.78, 5) is 14.3. The summed E-state index contributed by atoms with van der Waals surface area (Å²) in [6.45, 7) is 9.45. The summed E-state index contributed by atoms with van der Waals surface area (Å²) in [6, 6.07) is 0. The SMILES string of the molecule is CC(C)(C)C1C=CC=C(C(=O)N2CCOCC2)C1. The molecule has 2 rings (SSSR count). The summed E-state index contributed by atoms with van der Waals surface area (Å²) in [5, 5.41) is 0. The van der Waals surface area contributed by atoms with Gasteiger partial charge in [-0.25, -0.2) is 0 Å². The molecule has 1 aliphatic heterocycles. The predicted molar refractivity (Wildman–Crippen MR) is 72.2 cm³/mol. The number of ether oxygens (including phenoxy) is 1. The number of hydrogen-bond acceptors (Lipinski definition) is 2. The Morgan fingerprint density at radius 2 is 2.00 bits per heavy atom. The van der Waals surface area contributed by atoms with Gasteiger partial charge < -0.3 is 9.64 Å². The zero-order valence-corrected chi connectivity index (χ0v) is 11.6. The minimum Gasteiger partial charge on any atom is -0.378 e. The minimum atomic E-state index is 0.192. The smallest absolute Gasteiger partial charge is 0.249 e. The van der Waals surface area contributed by atoms with Crippen LogP contribution < -0.4 is 0 Å². The maximum atomic E-state index is 12.4. The van der Waals surface area contributed by atoms with Gasteiger partial charge in [-0.1, -0.05) is 39.0 Å². The Hall–Kier alpha value is -1.09. The summed E-state index contributed by atoms with van der Waals surface area (Å²) in [7, 11) is 0. The molecule has 0 saturated carbocycles. The van der Waals surface area contributed by atoms with Crippen molar-refractivity contribution >= 4 is 5.91 Å². The molecular formula is C15H23NO2. The summed E-state index contributed by atoms with van der Waals surface area (Å²) in [6.07, 6.45) is 7.08. The molecule has 1 fully saturated rings. The van der Waals surface area contributed by atoms with Crippen molar-refractivity contribution in [2.75, 3.05) is 26.3 Å². The predicted octanol–water partition coefficient (Wildman–Crippen LogP) is 2.39. The van der Waals surface area contributed by atoms with E-state index in [9.17, 15) is 4.79 Å². The molecule has 1 aliphatic carbocycles. The minimum absolute atomic E-state index is 0.192. The highest BCUT2D eigenvalue weighted by atomic mass is 16.5. The lowest BCUT2D eigenvalue weighted by molar-refractivity contribution is -0.131. The molecule has 2 aliphatic rings. The number of hydrogen-bond donors (Lipinski definition) is 0. The van der Waals surface area contributed by atoms with Crippen molar-refractivity contribution in [3.63, 3.8) is 0 Å². The second-order valence-corrected chi connectivity index (χ2v) is 6.16. The maximum Gasteiger partial charge on any atom is 0.249 e. The third-order valence-corrected chi connectivity index (χ3v) is 3.77. The van der Waals surface area contributed by atoms with Gasteiger partial charge >= 0.3 is 0 Å². The molecule has 0 aromatic rings. The normalized spacial score (nSPS) is 24.9. The van der Waals surface area contributed by atoms with Crippen LogP contribution in [0.2, 0.25) is 0 Å². The van der Waals surface area contributed by atoms with Gasteiger partial charge in [-0.15, -0.1) is 0 Å². The van der Waals surface area contributed by atoms with Gasteiger partial charge in [0.05, 0.1) is 13.2 Å². The maximum absolute atomic E-state index is 12.4. The molecule has 18 heavy (non-hydrogen) atoms. The van der Waals surface area contributed by atoms with E-state index in [0.29, 0.717) is 19.1 Å². The van der Waals surface area contributed by atoms with E-state index in [1.165, 1.54) is 0 Å². The van der Waals surface area contributed by atoms with Gasteiger partial charge in [0.2, 0.25) is 5.91 Å². The first-order valence-corrected chi connectivity index (χ1v) is 6.73. The van der Waals surface area contributed by atoms with Crippen LogP contribution in [0.3, 0.4) is 0 Å². The molecule has 1 saturated heterocycles. The van der Waals surface area contributed by atoms with E-state index in [2.05, 4.69) is 26.8 Å². The standard InChI is InChI=1S/C15H23NO2/c1-15(2,3)13-6-4-5-12(11-13)14(17)16-7-9-18-10-8-16/h4-6,13H,7-11H2,1-3H3. The van der Waals surface area contributed by atoms with Gasteiger partial charge in [0.25, 0.3) is 0 Å². The van der Waals surface area contributed by atoms with Gasteiger partial charge in [-0.2, -0.15) is 0 Å². The third-order valence-electron chi connectivity index (χ3n) is 3.77. The van der Waals surface area contributed by atoms with Crippen LogP contribution in [0.1, 0.15) is 27.2 Å². The highest BCUT2D eigenvalue weighted by Crippen LogP contribution is 2.34. The van der Waals surface area contributed by atoms with Crippen molar-refractivity contribution in [2.24, 2.45) is 11.3 Å². The van der Waals surface area contributed by atoms with Crippen LogP contribution in [0.4, 0.5) is 0 Å². The fourth-order valence-corrected chi connectivity index (χ4v) is 2.40. The molecule has 0 aromatic carbocycles. The van der Waals surface area contributed by atoms with E-state index >= 15 is 0 Å². The van der Waals surface area contributed by atoms with Gasteiger partial charge in [-0.05, 0) is 17.8 Å². The first-order chi connectivity index (χ1) is 8.48. The second-order valence-electron chi connectivity index (χ2n) is 6.16. The van der Waals surface area contributed by atoms with Gasteiger partial charge in [0, 0.05) is 18.7 Å². The number of carbonyl (C=O) groups excluding carboxylic acids is 1. The van der Waals surface area contributed by atoms with Crippen LogP contribution in [0, 0.1) is 11.3 Å². The van der Waals surface area contributed by atoms with E-state index < -0.39 is 0 Å². The largest absolute Gasteiger partial charge is 0.378 e. The van der Waals surface area contributed by atoms with E-state index in [-0.39, 0.29) is 11.3 Å². The molecule has 0 N–H and O–H groups in total. The van der Waals surface area contributed by atoms with Crippen molar-refractivity contribution in [1.82, 2.24) is 4.90 Å². The van der Waals surface area contributed by atoms with Crippen molar-refractivity contribution in [1.29, 1.82) is 0 Å². The zero-order chi connectivity index (χ0) is 13.2. The Morgan fingerprint density at radius 1 is 1.33 bits per heavy atom. The molecule has 100 valence electrons. The average molecular weight is 249 g/mol. The van der Waals surface area contributed by atoms with Gasteiger partial charge in [0.1, 0.15) is 0 Å². The quantitative estimate of drug-likeness (QED) is 0.714. The number of amides is 1. The van der Waals surface area contributed by atoms with Crippen molar-refractivity contribution < 1.29 is 9.53 Å². The van der Waals surface area contributed by atoms with E-state index in [0.717, 1.165) is 25.1 Å². The monoisotopic (exact) mass is 249 g/mol. The van der Waals surface area contributed by atoms with Crippen LogP contribution in [-0.2, 0) is 9.53 Å². The lowest BCUT2D eigenvalue weighted by atomic mass is 9.75. The van der Waals surface area contributed by atoms with Gasteiger partial charge in [0.15, 0.2) is 0 Å². The Balaban J connectivity index is 2.03. The molecule has 1 amide bonds. The summed E-state index contributed by atoms with van der Waals surface area (Å²) in [5.74, 6) is 0.638. The second kappa shape index (κ2) is 5.27. The number of carbonyl (C=O) groups is 1. The zero-order valence-electron chi connectivity index (χ0n) is 11.6. The van der Waals surface area contributed by atoms with Crippen LogP contribution in [0.25, 0.3) is 0 Å². The fourth-order valence-electron chi connectivity index (χ4n) is 2.40. The summed E-state index contributed by atoms with van der Waals surface area (Å²) >= 11 is 0. The Bertz CT molecular complexity index is 370. The third kappa shape index (κ3) is 3.02. The Kier molecular flexibility index (Phi) is 3.91. The molecule has 0 aromatic heterocycles. The highest BCUT2D eigenvalue weighted by Gasteiger charge is 2.29. The van der Waals surface area contributed by atoms with Crippen LogP contribution in [-0.4, -0.2) is 37.1 Å². The van der Waals surface area contributed by atoms with Gasteiger partial charge in [-0.3, -0.25) is 4.79 Å².